The number of fused-ring (bicyclic) bond motifs is 14. The maximum absolute atomic E-state index is 5.72. The zero-order valence-electron chi connectivity index (χ0n) is 36.9. The maximum Gasteiger partial charge on any atom is 0.166 e. The highest BCUT2D eigenvalue weighted by Gasteiger charge is 2.28. The van der Waals surface area contributed by atoms with Gasteiger partial charge in [0.15, 0.2) is 17.5 Å². The summed E-state index contributed by atoms with van der Waals surface area (Å²) < 4.78 is 7.35. The normalized spacial score (nSPS) is 12.1. The highest BCUT2D eigenvalue weighted by molar-refractivity contribution is 7.26. The van der Waals surface area contributed by atoms with Gasteiger partial charge in [0, 0.05) is 57.5 Å². The second-order valence-electron chi connectivity index (χ2n) is 17.8. The SMILES string of the molecule is c1ccc(-c2cccc(-c3nc(-c4c(-n5c6cc7ccccc7cc6c6c7ccccc7ccc65)c5sc6ccccc6c5c5ccccc45)nc(-c4cccc5c4sc4ccccc45)n3)c2)cc1. The highest BCUT2D eigenvalue weighted by Crippen LogP contribution is 2.51. The molecular formula is C63H36N4S2. The molecule has 69 heavy (non-hydrogen) atoms. The molecule has 0 atom stereocenters. The summed E-state index contributed by atoms with van der Waals surface area (Å²) in [6, 6.07) is 79.0. The van der Waals surface area contributed by atoms with Crippen LogP contribution < -0.4 is 0 Å². The van der Waals surface area contributed by atoms with Crippen LogP contribution in [0.25, 0.3) is 145 Å². The first-order valence-corrected chi connectivity index (χ1v) is 24.9. The fraction of sp³-hybridized carbons (Fsp3) is 0. The van der Waals surface area contributed by atoms with Gasteiger partial charge in [0.1, 0.15) is 0 Å². The summed E-state index contributed by atoms with van der Waals surface area (Å²) in [5.74, 6) is 1.89. The average molecular weight is 913 g/mol. The van der Waals surface area contributed by atoms with Gasteiger partial charge in [-0.2, -0.15) is 0 Å². The Bertz CT molecular complexity index is 4620. The van der Waals surface area contributed by atoms with Crippen LogP contribution >= 0.6 is 22.7 Å². The first kappa shape index (κ1) is 38.5. The summed E-state index contributed by atoms with van der Waals surface area (Å²) in [4.78, 5) is 16.9. The number of thiophene rings is 2. The molecule has 6 heteroatoms. The summed E-state index contributed by atoms with van der Waals surface area (Å²) in [5.41, 5.74) is 8.46. The van der Waals surface area contributed by atoms with Crippen molar-refractivity contribution in [2.45, 2.75) is 0 Å². The molecule has 0 aliphatic carbocycles. The first-order chi connectivity index (χ1) is 34.2. The standard InChI is InChI=1S/C63H36N4S2/c1-2-16-37(17-3-1)39-21-14-22-42(34-39)61-64-62(49-29-15-28-47-44-24-10-12-30-53(44)68-59(47)49)66-63(65-61)57-46-26-9-8-25-45(46)56-48-27-11-13-31-54(48)69-60(56)58(57)67-51-33-32-38-18-6-7-23-43(38)55(51)50-35-40-19-4-5-20-41(40)36-52(50)67/h1-36H. The molecule has 0 bridgehead atoms. The van der Waals surface area contributed by atoms with Gasteiger partial charge < -0.3 is 4.57 Å². The molecule has 0 amide bonds. The van der Waals surface area contributed by atoms with Gasteiger partial charge in [-0.1, -0.05) is 176 Å². The lowest BCUT2D eigenvalue weighted by Gasteiger charge is -2.19. The zero-order valence-corrected chi connectivity index (χ0v) is 38.5. The van der Waals surface area contributed by atoms with Gasteiger partial charge in [0.25, 0.3) is 0 Å². The Kier molecular flexibility index (Phi) is 8.37. The van der Waals surface area contributed by atoms with E-state index in [-0.39, 0.29) is 0 Å². The molecule has 0 saturated heterocycles. The van der Waals surface area contributed by atoms with Crippen LogP contribution in [0.3, 0.4) is 0 Å². The number of rotatable bonds is 5. The Labute approximate surface area is 403 Å². The van der Waals surface area contributed by atoms with E-state index in [4.69, 9.17) is 15.0 Å². The summed E-state index contributed by atoms with van der Waals surface area (Å²) in [6.45, 7) is 0. The topological polar surface area (TPSA) is 43.6 Å². The van der Waals surface area contributed by atoms with E-state index in [0.29, 0.717) is 17.5 Å². The smallest absolute Gasteiger partial charge is 0.166 e. The monoisotopic (exact) mass is 912 g/mol. The number of benzene rings is 11. The van der Waals surface area contributed by atoms with Gasteiger partial charge in [0.05, 0.1) is 27.0 Å². The largest absolute Gasteiger partial charge is 0.307 e. The molecule has 4 nitrogen and oxygen atoms in total. The summed E-state index contributed by atoms with van der Waals surface area (Å²) in [5, 5.41) is 14.4. The number of aromatic nitrogens is 4. The molecule has 0 spiro atoms. The third-order valence-electron chi connectivity index (χ3n) is 14.0. The molecule has 0 aliphatic heterocycles. The highest BCUT2D eigenvalue weighted by atomic mass is 32.1. The van der Waals surface area contributed by atoms with Crippen molar-refractivity contribution in [3.63, 3.8) is 0 Å². The van der Waals surface area contributed by atoms with Crippen LogP contribution in [-0.2, 0) is 0 Å². The average Bonchev–Trinajstić information content (AvgIpc) is 4.10. The van der Waals surface area contributed by atoms with E-state index in [1.165, 1.54) is 73.3 Å². The van der Waals surface area contributed by atoms with Crippen LogP contribution in [0.15, 0.2) is 218 Å². The van der Waals surface area contributed by atoms with Gasteiger partial charge >= 0.3 is 0 Å². The summed E-state index contributed by atoms with van der Waals surface area (Å²) in [6.07, 6.45) is 0. The Balaban J connectivity index is 1.13. The van der Waals surface area contributed by atoms with Crippen molar-refractivity contribution in [2.24, 2.45) is 0 Å². The Hall–Kier alpha value is -8.55. The molecule has 15 rings (SSSR count). The number of nitrogens with zero attached hydrogens (tertiary/aromatic N) is 4. The van der Waals surface area contributed by atoms with E-state index in [2.05, 4.69) is 223 Å². The van der Waals surface area contributed by atoms with E-state index in [0.717, 1.165) is 54.6 Å². The van der Waals surface area contributed by atoms with Crippen LogP contribution in [-0.4, -0.2) is 19.5 Å². The quantitative estimate of drug-likeness (QED) is 0.173. The van der Waals surface area contributed by atoms with Crippen molar-refractivity contribution in [3.8, 4) is 51.0 Å². The minimum atomic E-state index is 0.622. The van der Waals surface area contributed by atoms with Gasteiger partial charge in [-0.05, 0) is 85.9 Å². The van der Waals surface area contributed by atoms with E-state index in [1.807, 2.05) is 11.3 Å². The molecule has 4 heterocycles. The van der Waals surface area contributed by atoms with E-state index in [9.17, 15) is 0 Å². The third-order valence-corrected chi connectivity index (χ3v) is 16.4. The molecule has 0 radical (unpaired) electrons. The van der Waals surface area contributed by atoms with Crippen molar-refractivity contribution >= 4 is 117 Å². The Morgan fingerprint density at radius 1 is 0.319 bits per heavy atom. The lowest BCUT2D eigenvalue weighted by atomic mass is 9.96. The number of hydrogen-bond donors (Lipinski definition) is 0. The lowest BCUT2D eigenvalue weighted by molar-refractivity contribution is 1.07. The van der Waals surface area contributed by atoms with Crippen molar-refractivity contribution in [3.05, 3.63) is 218 Å². The Morgan fingerprint density at radius 3 is 1.75 bits per heavy atom. The van der Waals surface area contributed by atoms with Crippen molar-refractivity contribution in [1.29, 1.82) is 0 Å². The lowest BCUT2D eigenvalue weighted by Crippen LogP contribution is -2.05. The van der Waals surface area contributed by atoms with Gasteiger partial charge in [-0.25, -0.2) is 15.0 Å². The molecule has 0 N–H and O–H groups in total. The molecule has 0 aliphatic rings. The molecule has 4 aromatic heterocycles. The van der Waals surface area contributed by atoms with Crippen LogP contribution in [0.4, 0.5) is 0 Å². The van der Waals surface area contributed by atoms with Gasteiger partial charge in [0.2, 0.25) is 0 Å². The second-order valence-corrected chi connectivity index (χ2v) is 19.9. The first-order valence-electron chi connectivity index (χ1n) is 23.3. The van der Waals surface area contributed by atoms with E-state index in [1.54, 1.807) is 11.3 Å². The van der Waals surface area contributed by atoms with Crippen molar-refractivity contribution < 1.29 is 0 Å². The van der Waals surface area contributed by atoms with Gasteiger partial charge in [-0.3, -0.25) is 0 Å². The van der Waals surface area contributed by atoms with E-state index < -0.39 is 0 Å². The fourth-order valence-corrected chi connectivity index (χ4v) is 13.4. The zero-order chi connectivity index (χ0) is 45.2. The molecule has 15 aromatic rings. The molecular weight excluding hydrogens is 877 g/mol. The maximum atomic E-state index is 5.72. The minimum absolute atomic E-state index is 0.622. The molecule has 11 aromatic carbocycles. The minimum Gasteiger partial charge on any atom is -0.307 e. The van der Waals surface area contributed by atoms with Crippen LogP contribution in [0.1, 0.15) is 0 Å². The summed E-state index contributed by atoms with van der Waals surface area (Å²) in [7, 11) is 0. The summed E-state index contributed by atoms with van der Waals surface area (Å²) >= 11 is 3.65. The van der Waals surface area contributed by atoms with E-state index >= 15 is 0 Å². The predicted molar refractivity (Wildman–Crippen MR) is 294 cm³/mol. The fourth-order valence-electron chi connectivity index (χ4n) is 10.9. The van der Waals surface area contributed by atoms with Gasteiger partial charge in [-0.15, -0.1) is 22.7 Å². The Morgan fingerprint density at radius 2 is 0.913 bits per heavy atom. The predicted octanol–water partition coefficient (Wildman–Crippen LogP) is 17.8. The second kappa shape index (κ2) is 15.0. The van der Waals surface area contributed by atoms with Crippen molar-refractivity contribution in [2.75, 3.05) is 0 Å². The molecule has 0 fully saturated rings. The molecule has 320 valence electrons. The van der Waals surface area contributed by atoms with Crippen LogP contribution in [0, 0.1) is 0 Å². The molecule has 0 unspecified atom stereocenters. The number of hydrogen-bond acceptors (Lipinski definition) is 5. The van der Waals surface area contributed by atoms with Crippen LogP contribution in [0.2, 0.25) is 0 Å². The van der Waals surface area contributed by atoms with Crippen LogP contribution in [0.5, 0.6) is 0 Å². The molecule has 0 saturated carbocycles. The van der Waals surface area contributed by atoms with Crippen molar-refractivity contribution in [1.82, 2.24) is 19.5 Å². The third kappa shape index (κ3) is 5.83.